The van der Waals surface area contributed by atoms with Gasteiger partial charge in [-0.05, 0) is 42.7 Å². The summed E-state index contributed by atoms with van der Waals surface area (Å²) in [5.41, 5.74) is 1.85. The molecular formula is C19H24N4O2. The van der Waals surface area contributed by atoms with Crippen molar-refractivity contribution in [2.24, 2.45) is 4.99 Å². The normalized spacial score (nSPS) is 15.2. The van der Waals surface area contributed by atoms with Gasteiger partial charge in [0.2, 0.25) is 0 Å². The van der Waals surface area contributed by atoms with E-state index in [9.17, 15) is 4.79 Å². The zero-order valence-corrected chi connectivity index (χ0v) is 14.4. The predicted octanol–water partition coefficient (Wildman–Crippen LogP) is 3.14. The summed E-state index contributed by atoms with van der Waals surface area (Å²) in [7, 11) is 1.79. The number of amides is 1. The largest absolute Gasteiger partial charge is 0.459 e. The minimum absolute atomic E-state index is 0.253. The molecule has 0 spiro atoms. The number of carbonyl (C=O) groups is 1. The Labute approximate surface area is 147 Å². The highest BCUT2D eigenvalue weighted by molar-refractivity contribution is 6.02. The summed E-state index contributed by atoms with van der Waals surface area (Å²) in [6.45, 7) is 0.679. The molecule has 132 valence electrons. The van der Waals surface area contributed by atoms with Gasteiger partial charge in [-0.15, -0.1) is 0 Å². The highest BCUT2D eigenvalue weighted by Crippen LogP contribution is 2.17. The molecule has 1 aliphatic rings. The molecular weight excluding hydrogens is 316 g/mol. The first-order valence-electron chi connectivity index (χ1n) is 8.65. The monoisotopic (exact) mass is 340 g/mol. The quantitative estimate of drug-likeness (QED) is 0.577. The molecule has 6 heteroatoms. The van der Waals surface area contributed by atoms with Crippen LogP contribution in [0.2, 0.25) is 0 Å². The minimum atomic E-state index is -0.253. The summed E-state index contributed by atoms with van der Waals surface area (Å²) in [6.07, 6.45) is 6.49. The summed E-state index contributed by atoms with van der Waals surface area (Å²) in [5.74, 6) is 0.881. The van der Waals surface area contributed by atoms with Gasteiger partial charge in [-0.1, -0.05) is 25.0 Å². The topological polar surface area (TPSA) is 78.7 Å². The second-order valence-electron chi connectivity index (χ2n) is 6.18. The zero-order valence-electron chi connectivity index (χ0n) is 14.4. The van der Waals surface area contributed by atoms with Crippen molar-refractivity contribution in [1.82, 2.24) is 10.6 Å². The molecule has 3 N–H and O–H groups in total. The van der Waals surface area contributed by atoms with Gasteiger partial charge in [0.05, 0.1) is 6.26 Å². The molecule has 1 amide bonds. The van der Waals surface area contributed by atoms with Crippen molar-refractivity contribution in [3.63, 3.8) is 0 Å². The number of rotatable bonds is 5. The predicted molar refractivity (Wildman–Crippen MR) is 98.7 cm³/mol. The number of furan rings is 1. The van der Waals surface area contributed by atoms with E-state index in [4.69, 9.17) is 4.42 Å². The fraction of sp³-hybridized carbons (Fsp3) is 0.368. The lowest BCUT2D eigenvalue weighted by atomic mass is 10.2. The number of hydrogen-bond acceptors (Lipinski definition) is 3. The molecule has 6 nitrogen and oxygen atoms in total. The van der Waals surface area contributed by atoms with Crippen molar-refractivity contribution in [3.05, 3.63) is 54.0 Å². The fourth-order valence-corrected chi connectivity index (χ4v) is 2.95. The lowest BCUT2D eigenvalue weighted by Gasteiger charge is -2.17. The maximum atomic E-state index is 11.9. The Morgan fingerprint density at radius 1 is 1.20 bits per heavy atom. The molecule has 1 fully saturated rings. The Balaban J connectivity index is 1.49. The van der Waals surface area contributed by atoms with E-state index in [0.717, 1.165) is 17.2 Å². The van der Waals surface area contributed by atoms with Gasteiger partial charge >= 0.3 is 0 Å². The van der Waals surface area contributed by atoms with Crippen LogP contribution < -0.4 is 16.0 Å². The molecule has 2 aromatic rings. The standard InChI is InChI=1S/C19H24N4O2/c1-20-19(23-15-5-2-3-6-15)21-13-14-8-10-16(11-9-14)22-18(24)17-7-4-12-25-17/h4,7-12,15H,2-3,5-6,13H2,1H3,(H,22,24)(H2,20,21,23). The van der Waals surface area contributed by atoms with Gasteiger partial charge in [0.15, 0.2) is 11.7 Å². The third-order valence-corrected chi connectivity index (χ3v) is 4.34. The van der Waals surface area contributed by atoms with E-state index in [1.807, 2.05) is 24.3 Å². The van der Waals surface area contributed by atoms with Crippen molar-refractivity contribution >= 4 is 17.6 Å². The van der Waals surface area contributed by atoms with E-state index < -0.39 is 0 Å². The maximum absolute atomic E-state index is 11.9. The summed E-state index contributed by atoms with van der Waals surface area (Å²) in [6, 6.07) is 11.6. The Kier molecular flexibility index (Phi) is 5.72. The number of guanidine groups is 1. The SMILES string of the molecule is CN=C(NCc1ccc(NC(=O)c2ccco2)cc1)NC1CCCC1. The van der Waals surface area contributed by atoms with E-state index in [-0.39, 0.29) is 5.91 Å². The number of aliphatic imine (C=N–C) groups is 1. The molecule has 1 aliphatic carbocycles. The molecule has 3 rings (SSSR count). The van der Waals surface area contributed by atoms with Crippen LogP contribution in [0.25, 0.3) is 0 Å². The van der Waals surface area contributed by atoms with Crippen molar-refractivity contribution in [3.8, 4) is 0 Å². The highest BCUT2D eigenvalue weighted by atomic mass is 16.3. The van der Waals surface area contributed by atoms with Gasteiger partial charge in [-0.3, -0.25) is 9.79 Å². The van der Waals surface area contributed by atoms with Gasteiger partial charge in [-0.25, -0.2) is 0 Å². The zero-order chi connectivity index (χ0) is 17.5. The summed E-state index contributed by atoms with van der Waals surface area (Å²) in [5, 5.41) is 9.60. The average molecular weight is 340 g/mol. The molecule has 0 unspecified atom stereocenters. The summed E-state index contributed by atoms with van der Waals surface area (Å²) >= 11 is 0. The van der Waals surface area contributed by atoms with Crippen molar-refractivity contribution in [2.75, 3.05) is 12.4 Å². The summed E-state index contributed by atoms with van der Waals surface area (Å²) < 4.78 is 5.08. The third kappa shape index (κ3) is 4.86. The average Bonchev–Trinajstić information content (AvgIpc) is 3.33. The lowest BCUT2D eigenvalue weighted by molar-refractivity contribution is 0.0996. The van der Waals surface area contributed by atoms with Gasteiger partial charge in [0, 0.05) is 25.3 Å². The Hall–Kier alpha value is -2.76. The van der Waals surface area contributed by atoms with Crippen LogP contribution in [0.4, 0.5) is 5.69 Å². The van der Waals surface area contributed by atoms with Crippen LogP contribution in [-0.4, -0.2) is 25.0 Å². The van der Waals surface area contributed by atoms with Gasteiger partial charge < -0.3 is 20.4 Å². The van der Waals surface area contributed by atoms with Crippen LogP contribution in [-0.2, 0) is 6.54 Å². The van der Waals surface area contributed by atoms with E-state index in [2.05, 4.69) is 20.9 Å². The van der Waals surface area contributed by atoms with Crippen molar-refractivity contribution in [1.29, 1.82) is 0 Å². The van der Waals surface area contributed by atoms with E-state index in [0.29, 0.717) is 18.3 Å². The number of anilines is 1. The van der Waals surface area contributed by atoms with E-state index in [1.54, 1.807) is 19.2 Å². The summed E-state index contributed by atoms with van der Waals surface area (Å²) in [4.78, 5) is 16.2. The van der Waals surface area contributed by atoms with E-state index >= 15 is 0 Å². The number of benzene rings is 1. The van der Waals surface area contributed by atoms with Gasteiger partial charge in [0.1, 0.15) is 0 Å². The van der Waals surface area contributed by atoms with Crippen LogP contribution in [0, 0.1) is 0 Å². The second kappa shape index (κ2) is 8.37. The molecule has 1 heterocycles. The van der Waals surface area contributed by atoms with Crippen LogP contribution in [0.5, 0.6) is 0 Å². The first-order chi connectivity index (χ1) is 12.2. The second-order valence-corrected chi connectivity index (χ2v) is 6.18. The first kappa shape index (κ1) is 17.1. The van der Waals surface area contributed by atoms with Gasteiger partial charge in [-0.2, -0.15) is 0 Å². The Morgan fingerprint density at radius 2 is 1.96 bits per heavy atom. The Bertz CT molecular complexity index is 702. The van der Waals surface area contributed by atoms with Crippen molar-refractivity contribution < 1.29 is 9.21 Å². The minimum Gasteiger partial charge on any atom is -0.459 e. The lowest BCUT2D eigenvalue weighted by Crippen LogP contribution is -2.41. The molecule has 0 radical (unpaired) electrons. The molecule has 1 saturated carbocycles. The molecule has 1 aromatic carbocycles. The van der Waals surface area contributed by atoms with E-state index in [1.165, 1.54) is 31.9 Å². The van der Waals surface area contributed by atoms with Crippen molar-refractivity contribution in [2.45, 2.75) is 38.3 Å². The molecule has 0 aliphatic heterocycles. The Morgan fingerprint density at radius 3 is 2.60 bits per heavy atom. The van der Waals surface area contributed by atoms with Crippen LogP contribution in [0.15, 0.2) is 52.1 Å². The molecule has 0 saturated heterocycles. The first-order valence-corrected chi connectivity index (χ1v) is 8.65. The number of nitrogens with zero attached hydrogens (tertiary/aromatic N) is 1. The van der Waals surface area contributed by atoms with Gasteiger partial charge in [0.25, 0.3) is 5.91 Å². The van der Waals surface area contributed by atoms with Crippen LogP contribution in [0.1, 0.15) is 41.8 Å². The smallest absolute Gasteiger partial charge is 0.291 e. The highest BCUT2D eigenvalue weighted by Gasteiger charge is 2.15. The number of hydrogen-bond donors (Lipinski definition) is 3. The van der Waals surface area contributed by atoms with Crippen LogP contribution >= 0.6 is 0 Å². The maximum Gasteiger partial charge on any atom is 0.291 e. The fourth-order valence-electron chi connectivity index (χ4n) is 2.95. The third-order valence-electron chi connectivity index (χ3n) is 4.34. The molecule has 1 aromatic heterocycles. The number of nitrogens with one attached hydrogen (secondary N) is 3. The molecule has 0 bridgehead atoms. The number of carbonyl (C=O) groups excluding carboxylic acids is 1. The molecule has 25 heavy (non-hydrogen) atoms. The van der Waals surface area contributed by atoms with Crippen LogP contribution in [0.3, 0.4) is 0 Å². The molecule has 0 atom stereocenters.